The Morgan fingerprint density at radius 3 is 1.80 bits per heavy atom. The number of nitrogens with zero attached hydrogens (tertiary/aromatic N) is 3. The van der Waals surface area contributed by atoms with Gasteiger partial charge in [0, 0.05) is 37.9 Å². The largest absolute Gasteiger partial charge is 0.454 e. The molecule has 0 fully saturated rings. The highest BCUT2D eigenvalue weighted by Gasteiger charge is 2.22. The molecular weight excluding hydrogens is 550 g/mol. The van der Waals surface area contributed by atoms with Crippen LogP contribution in [-0.4, -0.2) is 14.1 Å². The smallest absolute Gasteiger partial charge is 0.159 e. The summed E-state index contributed by atoms with van der Waals surface area (Å²) < 4.78 is 11.2. The van der Waals surface area contributed by atoms with E-state index in [4.69, 9.17) is 9.40 Å². The lowest BCUT2D eigenvalue weighted by molar-refractivity contribution is 0.666. The van der Waals surface area contributed by atoms with Crippen molar-refractivity contribution in [2.75, 3.05) is 0 Å². The van der Waals surface area contributed by atoms with E-state index < -0.39 is 0 Å². The third kappa shape index (κ3) is 3.39. The molecule has 0 atom stereocenters. The zero-order valence-corrected chi connectivity index (χ0v) is 24.2. The Balaban J connectivity index is 1.32. The Morgan fingerprint density at radius 2 is 1.02 bits per heavy atom. The van der Waals surface area contributed by atoms with Crippen LogP contribution in [0.2, 0.25) is 0 Å². The topological polar surface area (TPSA) is 35.9 Å². The van der Waals surface area contributed by atoms with Crippen molar-refractivity contribution in [3.05, 3.63) is 152 Å². The number of aromatic nitrogens is 3. The monoisotopic (exact) mass is 575 g/mol. The van der Waals surface area contributed by atoms with Gasteiger partial charge in [-0.3, -0.25) is 4.57 Å². The van der Waals surface area contributed by atoms with Gasteiger partial charge in [-0.05, 0) is 48.5 Å². The van der Waals surface area contributed by atoms with Gasteiger partial charge in [0.1, 0.15) is 11.4 Å². The highest BCUT2D eigenvalue weighted by molar-refractivity contribution is 6.29. The molecule has 4 aromatic heterocycles. The molecule has 6 aromatic carbocycles. The van der Waals surface area contributed by atoms with Gasteiger partial charge >= 0.3 is 0 Å². The van der Waals surface area contributed by atoms with Crippen LogP contribution in [0.25, 0.3) is 88.3 Å². The number of rotatable bonds is 3. The molecule has 0 spiro atoms. The standard InChI is InChI=1S/C41H25N3O/c1-2-12-26(13-3-1)31-18-11-23-38(42-31)44-33-20-8-5-16-30(33)40-35(44)25-24-34-39(40)29-15-4-7-19-32(29)43(34)36-21-10-17-28-27-14-6-9-22-37(27)45-41(28)36/h1-25H. The Hall–Kier alpha value is -6.13. The van der Waals surface area contributed by atoms with Crippen molar-refractivity contribution in [3.8, 4) is 22.8 Å². The maximum Gasteiger partial charge on any atom is 0.159 e. The lowest BCUT2D eigenvalue weighted by atomic mass is 10.1. The lowest BCUT2D eigenvalue weighted by Crippen LogP contribution is -1.98. The first kappa shape index (κ1) is 24.3. The first-order valence-electron chi connectivity index (χ1n) is 15.2. The highest BCUT2D eigenvalue weighted by Crippen LogP contribution is 2.43. The van der Waals surface area contributed by atoms with Gasteiger partial charge in [0.15, 0.2) is 5.58 Å². The van der Waals surface area contributed by atoms with E-state index in [2.05, 4.69) is 143 Å². The van der Waals surface area contributed by atoms with Gasteiger partial charge in [-0.15, -0.1) is 0 Å². The van der Waals surface area contributed by atoms with Crippen molar-refractivity contribution in [2.24, 2.45) is 0 Å². The summed E-state index contributed by atoms with van der Waals surface area (Å²) in [5, 5.41) is 7.11. The van der Waals surface area contributed by atoms with Crippen LogP contribution in [0.4, 0.5) is 0 Å². The summed E-state index contributed by atoms with van der Waals surface area (Å²) in [4.78, 5) is 5.18. The molecular formula is C41H25N3O. The van der Waals surface area contributed by atoms with Crippen LogP contribution in [0, 0.1) is 0 Å². The van der Waals surface area contributed by atoms with Crippen molar-refractivity contribution in [2.45, 2.75) is 0 Å². The number of para-hydroxylation sites is 4. The summed E-state index contributed by atoms with van der Waals surface area (Å²) in [6, 6.07) is 53.3. The van der Waals surface area contributed by atoms with Crippen LogP contribution in [0.1, 0.15) is 0 Å². The average Bonchev–Trinajstić information content (AvgIpc) is 3.76. The SMILES string of the molecule is c1ccc(-c2cccc(-n3c4ccccc4c4c5c6ccccc6n(-c6cccc7c6oc6ccccc67)c5ccc43)n2)cc1. The predicted molar refractivity (Wildman–Crippen MR) is 186 cm³/mol. The van der Waals surface area contributed by atoms with E-state index in [9.17, 15) is 0 Å². The molecule has 0 bridgehead atoms. The second-order valence-electron chi connectivity index (χ2n) is 11.6. The van der Waals surface area contributed by atoms with Crippen LogP contribution in [0.15, 0.2) is 156 Å². The summed E-state index contributed by atoms with van der Waals surface area (Å²) in [6.45, 7) is 0. The zero-order chi connectivity index (χ0) is 29.5. The Bertz CT molecular complexity index is 2760. The number of hydrogen-bond donors (Lipinski definition) is 0. The quantitative estimate of drug-likeness (QED) is 0.210. The molecule has 0 radical (unpaired) electrons. The van der Waals surface area contributed by atoms with Gasteiger partial charge in [0.2, 0.25) is 0 Å². The van der Waals surface area contributed by atoms with E-state index in [1.165, 1.54) is 21.5 Å². The Morgan fingerprint density at radius 1 is 0.422 bits per heavy atom. The van der Waals surface area contributed by atoms with Crippen LogP contribution in [-0.2, 0) is 0 Å². The molecule has 0 aliphatic heterocycles. The van der Waals surface area contributed by atoms with Crippen molar-refractivity contribution in [3.63, 3.8) is 0 Å². The number of hydrogen-bond acceptors (Lipinski definition) is 2. The zero-order valence-electron chi connectivity index (χ0n) is 24.2. The number of pyridine rings is 1. The van der Waals surface area contributed by atoms with Gasteiger partial charge in [0.05, 0.1) is 33.4 Å². The fraction of sp³-hybridized carbons (Fsp3) is 0. The van der Waals surface area contributed by atoms with E-state index >= 15 is 0 Å². The molecule has 0 aliphatic carbocycles. The first-order valence-corrected chi connectivity index (χ1v) is 15.2. The highest BCUT2D eigenvalue weighted by atomic mass is 16.3. The summed E-state index contributed by atoms with van der Waals surface area (Å²) >= 11 is 0. The molecule has 4 heterocycles. The number of furan rings is 1. The molecule has 4 heteroatoms. The fourth-order valence-electron chi connectivity index (χ4n) is 7.25. The van der Waals surface area contributed by atoms with E-state index in [1.807, 2.05) is 18.2 Å². The van der Waals surface area contributed by atoms with Gasteiger partial charge in [0.25, 0.3) is 0 Å². The minimum atomic E-state index is 0.894. The number of fused-ring (bicyclic) bond motifs is 10. The molecule has 4 nitrogen and oxygen atoms in total. The van der Waals surface area contributed by atoms with E-state index in [1.54, 1.807) is 0 Å². The molecule has 45 heavy (non-hydrogen) atoms. The Labute approximate surface area is 258 Å². The van der Waals surface area contributed by atoms with Gasteiger partial charge in [-0.2, -0.15) is 0 Å². The second kappa shape index (κ2) is 9.18. The Kier molecular flexibility index (Phi) is 4.96. The maximum atomic E-state index is 6.54. The summed E-state index contributed by atoms with van der Waals surface area (Å²) in [7, 11) is 0. The summed E-state index contributed by atoms with van der Waals surface area (Å²) in [5.41, 5.74) is 9.44. The summed E-state index contributed by atoms with van der Waals surface area (Å²) in [6.07, 6.45) is 0. The second-order valence-corrected chi connectivity index (χ2v) is 11.6. The van der Waals surface area contributed by atoms with Gasteiger partial charge in [-0.25, -0.2) is 4.98 Å². The molecule has 0 aliphatic rings. The van der Waals surface area contributed by atoms with Gasteiger partial charge < -0.3 is 8.98 Å². The number of benzene rings is 6. The van der Waals surface area contributed by atoms with E-state index in [-0.39, 0.29) is 0 Å². The normalized spacial score (nSPS) is 12.0. The maximum absolute atomic E-state index is 6.54. The molecule has 0 N–H and O–H groups in total. The molecule has 210 valence electrons. The van der Waals surface area contributed by atoms with Crippen molar-refractivity contribution in [1.82, 2.24) is 14.1 Å². The van der Waals surface area contributed by atoms with Crippen molar-refractivity contribution >= 4 is 65.6 Å². The van der Waals surface area contributed by atoms with Gasteiger partial charge in [-0.1, -0.05) is 103 Å². The minimum Gasteiger partial charge on any atom is -0.454 e. The third-order valence-electron chi connectivity index (χ3n) is 9.13. The van der Waals surface area contributed by atoms with E-state index in [0.717, 1.165) is 66.8 Å². The average molecular weight is 576 g/mol. The lowest BCUT2D eigenvalue weighted by Gasteiger charge is -2.10. The summed E-state index contributed by atoms with van der Waals surface area (Å²) in [5.74, 6) is 0.901. The molecule has 0 unspecified atom stereocenters. The molecule has 0 saturated heterocycles. The van der Waals surface area contributed by atoms with Crippen LogP contribution in [0.5, 0.6) is 0 Å². The predicted octanol–water partition coefficient (Wildman–Crippen LogP) is 10.8. The third-order valence-corrected chi connectivity index (χ3v) is 9.13. The molecule has 10 aromatic rings. The molecule has 0 amide bonds. The van der Waals surface area contributed by atoms with Crippen LogP contribution < -0.4 is 0 Å². The fourth-order valence-corrected chi connectivity index (χ4v) is 7.25. The van der Waals surface area contributed by atoms with Crippen molar-refractivity contribution in [1.29, 1.82) is 0 Å². The molecule has 0 saturated carbocycles. The first-order chi connectivity index (χ1) is 22.3. The minimum absolute atomic E-state index is 0.894. The van der Waals surface area contributed by atoms with Crippen LogP contribution in [0.3, 0.4) is 0 Å². The molecule has 10 rings (SSSR count). The van der Waals surface area contributed by atoms with Crippen molar-refractivity contribution < 1.29 is 4.42 Å². The van der Waals surface area contributed by atoms with E-state index in [0.29, 0.717) is 0 Å². The van der Waals surface area contributed by atoms with Crippen LogP contribution >= 0.6 is 0 Å².